The number of hydrogen-bond acceptors (Lipinski definition) is 3. The summed E-state index contributed by atoms with van der Waals surface area (Å²) in [6, 6.07) is 3.77. The van der Waals surface area contributed by atoms with Gasteiger partial charge >= 0.3 is 0 Å². The van der Waals surface area contributed by atoms with Gasteiger partial charge in [-0.2, -0.15) is 0 Å². The molecule has 3 heteroatoms. The quantitative estimate of drug-likeness (QED) is 0.805. The van der Waals surface area contributed by atoms with Gasteiger partial charge in [0.15, 0.2) is 0 Å². The third kappa shape index (κ3) is 4.19. The molecule has 0 saturated heterocycles. The first kappa shape index (κ1) is 13.0. The SMILES string of the molecule is CCC(C)CC(O)Cc1ccc(OC)nc1. The van der Waals surface area contributed by atoms with Crippen LogP contribution in [0, 0.1) is 5.92 Å². The number of pyridine rings is 1. The van der Waals surface area contributed by atoms with Crippen LogP contribution in [0.15, 0.2) is 18.3 Å². The lowest BCUT2D eigenvalue weighted by atomic mass is 9.97. The van der Waals surface area contributed by atoms with Crippen molar-refractivity contribution in [1.82, 2.24) is 4.98 Å². The van der Waals surface area contributed by atoms with Gasteiger partial charge in [-0.05, 0) is 24.3 Å². The van der Waals surface area contributed by atoms with E-state index < -0.39 is 0 Å². The van der Waals surface area contributed by atoms with Crippen LogP contribution in [0.2, 0.25) is 0 Å². The lowest BCUT2D eigenvalue weighted by molar-refractivity contribution is 0.144. The number of ether oxygens (including phenoxy) is 1. The van der Waals surface area contributed by atoms with Crippen LogP contribution >= 0.6 is 0 Å². The van der Waals surface area contributed by atoms with E-state index in [9.17, 15) is 5.11 Å². The molecule has 0 radical (unpaired) electrons. The van der Waals surface area contributed by atoms with E-state index in [1.165, 1.54) is 0 Å². The number of aliphatic hydroxyl groups is 1. The van der Waals surface area contributed by atoms with Crippen molar-refractivity contribution in [2.45, 2.75) is 39.2 Å². The van der Waals surface area contributed by atoms with Gasteiger partial charge in [-0.1, -0.05) is 26.3 Å². The fourth-order valence-electron chi connectivity index (χ4n) is 1.64. The van der Waals surface area contributed by atoms with Gasteiger partial charge in [0, 0.05) is 12.3 Å². The maximum atomic E-state index is 9.87. The average Bonchev–Trinajstić information content (AvgIpc) is 2.29. The predicted molar refractivity (Wildman–Crippen MR) is 64.6 cm³/mol. The number of aliphatic hydroxyl groups excluding tert-OH is 1. The molecule has 16 heavy (non-hydrogen) atoms. The maximum absolute atomic E-state index is 9.87. The fraction of sp³-hybridized carbons (Fsp3) is 0.615. The van der Waals surface area contributed by atoms with Crippen LogP contribution in [-0.4, -0.2) is 23.3 Å². The Hall–Kier alpha value is -1.09. The largest absolute Gasteiger partial charge is 0.481 e. The molecule has 0 fully saturated rings. The molecule has 1 aromatic rings. The van der Waals surface area contributed by atoms with Gasteiger partial charge < -0.3 is 9.84 Å². The summed E-state index contributed by atoms with van der Waals surface area (Å²) in [6.45, 7) is 4.31. The Morgan fingerprint density at radius 2 is 2.19 bits per heavy atom. The standard InChI is InChI=1S/C13H21NO2/c1-4-10(2)7-12(15)8-11-5-6-13(16-3)14-9-11/h5-6,9-10,12,15H,4,7-8H2,1-3H3. The van der Waals surface area contributed by atoms with Crippen molar-refractivity contribution in [3.8, 4) is 5.88 Å². The lowest BCUT2D eigenvalue weighted by Crippen LogP contribution is -2.14. The molecular formula is C13H21NO2. The molecule has 0 saturated carbocycles. The van der Waals surface area contributed by atoms with Gasteiger partial charge in [0.2, 0.25) is 5.88 Å². The van der Waals surface area contributed by atoms with Crippen molar-refractivity contribution < 1.29 is 9.84 Å². The van der Waals surface area contributed by atoms with E-state index >= 15 is 0 Å². The van der Waals surface area contributed by atoms with Gasteiger partial charge in [-0.25, -0.2) is 4.98 Å². The molecule has 1 rings (SSSR count). The second-order valence-electron chi connectivity index (χ2n) is 4.32. The molecule has 0 bridgehead atoms. The highest BCUT2D eigenvalue weighted by Crippen LogP contribution is 2.14. The van der Waals surface area contributed by atoms with E-state index in [1.807, 2.05) is 12.1 Å². The number of rotatable bonds is 6. The monoisotopic (exact) mass is 223 g/mol. The highest BCUT2D eigenvalue weighted by Gasteiger charge is 2.10. The normalized spacial score (nSPS) is 14.5. The highest BCUT2D eigenvalue weighted by atomic mass is 16.5. The van der Waals surface area contributed by atoms with Gasteiger partial charge in [0.25, 0.3) is 0 Å². The summed E-state index contributed by atoms with van der Waals surface area (Å²) < 4.78 is 4.98. The van der Waals surface area contributed by atoms with Crippen LogP contribution in [0.25, 0.3) is 0 Å². The third-order valence-electron chi connectivity index (χ3n) is 2.85. The summed E-state index contributed by atoms with van der Waals surface area (Å²) in [5.74, 6) is 1.18. The zero-order chi connectivity index (χ0) is 12.0. The number of methoxy groups -OCH3 is 1. The Kier molecular flexibility index (Phi) is 5.26. The Morgan fingerprint density at radius 3 is 2.69 bits per heavy atom. The zero-order valence-corrected chi connectivity index (χ0v) is 10.3. The third-order valence-corrected chi connectivity index (χ3v) is 2.85. The van der Waals surface area contributed by atoms with Gasteiger partial charge in [-0.15, -0.1) is 0 Å². The summed E-state index contributed by atoms with van der Waals surface area (Å²) >= 11 is 0. The number of nitrogens with zero attached hydrogens (tertiary/aromatic N) is 1. The first-order valence-electron chi connectivity index (χ1n) is 5.82. The summed E-state index contributed by atoms with van der Waals surface area (Å²) in [6.07, 6.45) is 4.12. The molecule has 1 heterocycles. The van der Waals surface area contributed by atoms with Crippen LogP contribution in [0.3, 0.4) is 0 Å². The minimum Gasteiger partial charge on any atom is -0.481 e. The van der Waals surface area contributed by atoms with E-state index in [4.69, 9.17) is 4.74 Å². The topological polar surface area (TPSA) is 42.4 Å². The fourth-order valence-corrected chi connectivity index (χ4v) is 1.64. The summed E-state index contributed by atoms with van der Waals surface area (Å²) in [4.78, 5) is 4.12. The molecule has 2 atom stereocenters. The van der Waals surface area contributed by atoms with Crippen LogP contribution in [0.4, 0.5) is 0 Å². The first-order chi connectivity index (χ1) is 7.65. The molecule has 0 spiro atoms. The van der Waals surface area contributed by atoms with Crippen molar-refractivity contribution >= 4 is 0 Å². The molecule has 3 nitrogen and oxygen atoms in total. The van der Waals surface area contributed by atoms with E-state index in [-0.39, 0.29) is 6.10 Å². The van der Waals surface area contributed by atoms with Gasteiger partial charge in [0.1, 0.15) is 0 Å². The summed E-state index contributed by atoms with van der Waals surface area (Å²) in [5.41, 5.74) is 1.05. The van der Waals surface area contributed by atoms with Crippen LogP contribution in [0.5, 0.6) is 5.88 Å². The number of hydrogen-bond donors (Lipinski definition) is 1. The Balaban J connectivity index is 2.46. The lowest BCUT2D eigenvalue weighted by Gasteiger charge is -2.14. The van der Waals surface area contributed by atoms with Crippen molar-refractivity contribution in [2.24, 2.45) is 5.92 Å². The summed E-state index contributed by atoms with van der Waals surface area (Å²) in [5, 5.41) is 9.87. The second kappa shape index (κ2) is 6.48. The van der Waals surface area contributed by atoms with Gasteiger partial charge in [-0.3, -0.25) is 0 Å². The van der Waals surface area contributed by atoms with Crippen LogP contribution in [-0.2, 0) is 6.42 Å². The van der Waals surface area contributed by atoms with Crippen molar-refractivity contribution in [3.63, 3.8) is 0 Å². The average molecular weight is 223 g/mol. The van der Waals surface area contributed by atoms with Crippen LogP contribution in [0.1, 0.15) is 32.3 Å². The minimum absolute atomic E-state index is 0.273. The molecule has 1 N–H and O–H groups in total. The Bertz CT molecular complexity index is 297. The molecule has 1 aromatic heterocycles. The smallest absolute Gasteiger partial charge is 0.212 e. The van der Waals surface area contributed by atoms with E-state index in [0.717, 1.165) is 18.4 Å². The molecule has 0 aliphatic heterocycles. The second-order valence-corrected chi connectivity index (χ2v) is 4.32. The summed E-state index contributed by atoms with van der Waals surface area (Å²) in [7, 11) is 1.60. The number of aromatic nitrogens is 1. The Labute approximate surface area is 97.5 Å². The molecule has 2 unspecified atom stereocenters. The Morgan fingerprint density at radius 1 is 1.44 bits per heavy atom. The minimum atomic E-state index is -0.273. The van der Waals surface area contributed by atoms with E-state index in [0.29, 0.717) is 18.2 Å². The van der Waals surface area contributed by atoms with Crippen molar-refractivity contribution in [3.05, 3.63) is 23.9 Å². The zero-order valence-electron chi connectivity index (χ0n) is 10.3. The molecule has 90 valence electrons. The maximum Gasteiger partial charge on any atom is 0.212 e. The first-order valence-corrected chi connectivity index (χ1v) is 5.82. The molecular weight excluding hydrogens is 202 g/mol. The van der Waals surface area contributed by atoms with Crippen molar-refractivity contribution in [2.75, 3.05) is 7.11 Å². The molecule has 0 amide bonds. The van der Waals surface area contributed by atoms with E-state index in [2.05, 4.69) is 18.8 Å². The van der Waals surface area contributed by atoms with Crippen LogP contribution < -0.4 is 4.74 Å². The predicted octanol–water partition coefficient (Wildman–Crippen LogP) is 2.43. The molecule has 0 aromatic carbocycles. The van der Waals surface area contributed by atoms with Crippen molar-refractivity contribution in [1.29, 1.82) is 0 Å². The molecule has 0 aliphatic carbocycles. The van der Waals surface area contributed by atoms with Gasteiger partial charge in [0.05, 0.1) is 13.2 Å². The van der Waals surface area contributed by atoms with E-state index in [1.54, 1.807) is 13.3 Å². The highest BCUT2D eigenvalue weighted by molar-refractivity contribution is 5.18. The molecule has 0 aliphatic rings.